The molecule has 0 fully saturated rings. The molecule has 1 heterocycles. The second kappa shape index (κ2) is 20.4. The Morgan fingerprint density at radius 1 is 1.07 bits per heavy atom. The van der Waals surface area contributed by atoms with Gasteiger partial charge in [0.2, 0.25) is 0 Å². The van der Waals surface area contributed by atoms with Crippen molar-refractivity contribution in [3.8, 4) is 11.8 Å². The quantitative estimate of drug-likeness (QED) is 0.112. The number of carboxylic acids is 1. The Balaban J connectivity index is 2.52. The van der Waals surface area contributed by atoms with Gasteiger partial charge in [0.25, 0.3) is 0 Å². The minimum Gasteiger partial charge on any atom is -0.481 e. The number of hydrogen-bond acceptors (Lipinski definition) is 6. The van der Waals surface area contributed by atoms with Crippen molar-refractivity contribution >= 4 is 5.97 Å². The molecule has 1 aromatic carbocycles. The lowest BCUT2D eigenvalue weighted by Crippen LogP contribution is -2.46. The highest BCUT2D eigenvalue weighted by Crippen LogP contribution is 2.27. The number of carbonyl (C=O) groups is 1. The molecule has 1 aliphatic rings. The van der Waals surface area contributed by atoms with Crippen LogP contribution >= 0.6 is 0 Å². The standard InChI is InChI=1S/C35H53NO6/c1-3-4-7-16-30(39)23-22-29-21-20-28-14-11-10-13-27(28)15-12-18-33(26(2)38)36-34(32(29)24-31(40)25-37)17-8-5-6-9-19-35(41)42/h10-11,13-14,22-23,26,30-31,33-34,36-40H,3-9,16-21,24-25H2,1-2H3,(H,41,42)/t26-,30-,31-,33+,34-/m0/s1. The Morgan fingerprint density at radius 2 is 1.83 bits per heavy atom. The number of carboxylic acid groups (broad SMARTS) is 1. The molecular formula is C35H53NO6. The third-order valence-electron chi connectivity index (χ3n) is 7.98. The van der Waals surface area contributed by atoms with Crippen LogP contribution < -0.4 is 5.32 Å². The third kappa shape index (κ3) is 13.7. The van der Waals surface area contributed by atoms with E-state index in [0.717, 1.165) is 73.6 Å². The summed E-state index contributed by atoms with van der Waals surface area (Å²) in [6, 6.07) is 7.57. The van der Waals surface area contributed by atoms with Crippen molar-refractivity contribution in [3.63, 3.8) is 0 Å². The minimum atomic E-state index is -0.942. The summed E-state index contributed by atoms with van der Waals surface area (Å²) in [5.74, 6) is 5.79. The molecule has 1 aromatic rings. The Hall–Kier alpha value is -2.47. The van der Waals surface area contributed by atoms with Gasteiger partial charge in [0, 0.05) is 30.5 Å². The second-order valence-corrected chi connectivity index (χ2v) is 11.6. The summed E-state index contributed by atoms with van der Waals surface area (Å²) >= 11 is 0. The number of aryl methyl sites for hydroxylation is 1. The van der Waals surface area contributed by atoms with Crippen LogP contribution in [0.5, 0.6) is 0 Å². The molecule has 42 heavy (non-hydrogen) atoms. The Bertz CT molecular complexity index is 1050. The van der Waals surface area contributed by atoms with E-state index in [4.69, 9.17) is 5.11 Å². The number of unbranched alkanes of at least 4 members (excludes halogenated alkanes) is 5. The fourth-order valence-electron chi connectivity index (χ4n) is 5.44. The SMILES string of the molecule is CCCCC[C@H](O)C=CC1=C(C[C@H](O)CO)[C@H](CCCCCCC(=O)O)N[C@@H]([C@H](C)O)CC#Cc2ccccc2CC1. The maximum atomic E-state index is 10.9. The fraction of sp³-hybridized carbons (Fsp3) is 0.629. The predicted molar refractivity (Wildman–Crippen MR) is 168 cm³/mol. The van der Waals surface area contributed by atoms with Crippen LogP contribution in [-0.2, 0) is 11.2 Å². The van der Waals surface area contributed by atoms with Crippen LogP contribution in [0.1, 0.15) is 108 Å². The highest BCUT2D eigenvalue weighted by Gasteiger charge is 2.25. The van der Waals surface area contributed by atoms with Gasteiger partial charge in [0.15, 0.2) is 0 Å². The van der Waals surface area contributed by atoms with Gasteiger partial charge < -0.3 is 30.8 Å². The minimum absolute atomic E-state index is 0.162. The van der Waals surface area contributed by atoms with Crippen molar-refractivity contribution in [2.75, 3.05) is 6.61 Å². The summed E-state index contributed by atoms with van der Waals surface area (Å²) in [6.07, 6.45) is 11.6. The summed E-state index contributed by atoms with van der Waals surface area (Å²) in [6.45, 7) is 3.52. The monoisotopic (exact) mass is 583 g/mol. The maximum Gasteiger partial charge on any atom is 0.303 e. The topological polar surface area (TPSA) is 130 Å². The number of nitrogens with one attached hydrogen (secondary N) is 1. The van der Waals surface area contributed by atoms with Gasteiger partial charge in [-0.25, -0.2) is 0 Å². The molecule has 0 bridgehead atoms. The summed E-state index contributed by atoms with van der Waals surface area (Å²) in [5, 5.41) is 54.5. The van der Waals surface area contributed by atoms with Gasteiger partial charge >= 0.3 is 5.97 Å². The Morgan fingerprint density at radius 3 is 2.55 bits per heavy atom. The smallest absolute Gasteiger partial charge is 0.303 e. The van der Waals surface area contributed by atoms with Gasteiger partial charge in [-0.05, 0) is 68.2 Å². The average molecular weight is 584 g/mol. The number of hydrogen-bond donors (Lipinski definition) is 6. The van der Waals surface area contributed by atoms with Crippen LogP contribution in [-0.4, -0.2) is 68.5 Å². The van der Waals surface area contributed by atoms with E-state index in [1.807, 2.05) is 30.4 Å². The lowest BCUT2D eigenvalue weighted by Gasteiger charge is -2.31. The molecule has 1 aliphatic heterocycles. The van der Waals surface area contributed by atoms with E-state index in [1.165, 1.54) is 0 Å². The van der Waals surface area contributed by atoms with Gasteiger partial charge in [-0.1, -0.05) is 87.6 Å². The number of allylic oxidation sites excluding steroid dienone is 2. The maximum absolute atomic E-state index is 10.9. The van der Waals surface area contributed by atoms with Crippen LogP contribution in [0.4, 0.5) is 0 Å². The second-order valence-electron chi connectivity index (χ2n) is 11.6. The zero-order valence-corrected chi connectivity index (χ0v) is 25.6. The van der Waals surface area contributed by atoms with Crippen LogP contribution in [0.25, 0.3) is 0 Å². The molecule has 0 unspecified atom stereocenters. The van der Waals surface area contributed by atoms with Gasteiger partial charge in [-0.3, -0.25) is 4.79 Å². The largest absolute Gasteiger partial charge is 0.481 e. The summed E-state index contributed by atoms with van der Waals surface area (Å²) in [5.41, 5.74) is 4.06. The molecule has 7 heteroatoms. The van der Waals surface area contributed by atoms with Crippen LogP contribution in [0.15, 0.2) is 47.6 Å². The van der Waals surface area contributed by atoms with Crippen molar-refractivity contribution in [1.29, 1.82) is 0 Å². The zero-order chi connectivity index (χ0) is 30.7. The molecular weight excluding hydrogens is 530 g/mol. The van der Waals surface area contributed by atoms with Gasteiger partial charge in [0.05, 0.1) is 24.9 Å². The van der Waals surface area contributed by atoms with E-state index < -0.39 is 24.3 Å². The lowest BCUT2D eigenvalue weighted by molar-refractivity contribution is -0.137. The Kier molecular flexibility index (Phi) is 17.4. The molecule has 0 saturated heterocycles. The molecule has 5 atom stereocenters. The van der Waals surface area contributed by atoms with E-state index in [-0.39, 0.29) is 31.5 Å². The van der Waals surface area contributed by atoms with Crippen LogP contribution in [0.3, 0.4) is 0 Å². The van der Waals surface area contributed by atoms with E-state index in [2.05, 4.69) is 30.1 Å². The molecule has 2 rings (SSSR count). The van der Waals surface area contributed by atoms with Crippen LogP contribution in [0, 0.1) is 11.8 Å². The highest BCUT2D eigenvalue weighted by atomic mass is 16.4. The fourth-order valence-corrected chi connectivity index (χ4v) is 5.44. The first-order chi connectivity index (χ1) is 20.2. The summed E-state index contributed by atoms with van der Waals surface area (Å²) < 4.78 is 0. The van der Waals surface area contributed by atoms with Crippen molar-refractivity contribution in [1.82, 2.24) is 5.32 Å². The van der Waals surface area contributed by atoms with E-state index >= 15 is 0 Å². The first kappa shape index (κ1) is 35.7. The number of aliphatic hydroxyl groups excluding tert-OH is 4. The molecule has 6 N–H and O–H groups in total. The molecule has 0 aromatic heterocycles. The molecule has 234 valence electrons. The van der Waals surface area contributed by atoms with Crippen molar-refractivity contribution in [3.05, 3.63) is 58.7 Å². The van der Waals surface area contributed by atoms with Gasteiger partial charge in [-0.15, -0.1) is 0 Å². The van der Waals surface area contributed by atoms with E-state index in [9.17, 15) is 25.2 Å². The van der Waals surface area contributed by atoms with Crippen molar-refractivity contribution < 1.29 is 30.3 Å². The molecule has 0 saturated carbocycles. The summed E-state index contributed by atoms with van der Waals surface area (Å²) in [7, 11) is 0. The first-order valence-corrected chi connectivity index (χ1v) is 15.8. The van der Waals surface area contributed by atoms with Gasteiger partial charge in [0.1, 0.15) is 0 Å². The normalized spacial score (nSPS) is 20.1. The molecule has 0 amide bonds. The third-order valence-corrected chi connectivity index (χ3v) is 7.98. The number of aliphatic hydroxyl groups is 4. The van der Waals surface area contributed by atoms with Crippen molar-refractivity contribution in [2.45, 2.75) is 134 Å². The van der Waals surface area contributed by atoms with Gasteiger partial charge in [-0.2, -0.15) is 0 Å². The number of benzene rings is 1. The predicted octanol–water partition coefficient (Wildman–Crippen LogP) is 5.04. The average Bonchev–Trinajstić information content (AvgIpc) is 2.96. The van der Waals surface area contributed by atoms with Crippen molar-refractivity contribution in [2.24, 2.45) is 0 Å². The number of rotatable bonds is 17. The molecule has 7 nitrogen and oxygen atoms in total. The highest BCUT2D eigenvalue weighted by molar-refractivity contribution is 5.66. The summed E-state index contributed by atoms with van der Waals surface area (Å²) in [4.78, 5) is 10.9. The molecule has 0 spiro atoms. The van der Waals surface area contributed by atoms with Crippen LogP contribution in [0.2, 0.25) is 0 Å². The molecule has 0 aliphatic carbocycles. The lowest BCUT2D eigenvalue weighted by atomic mass is 9.86. The van der Waals surface area contributed by atoms with E-state index in [0.29, 0.717) is 25.7 Å². The molecule has 0 radical (unpaired) electrons. The zero-order valence-electron chi connectivity index (χ0n) is 25.6. The number of fused-ring (bicyclic) bond motifs is 1. The first-order valence-electron chi connectivity index (χ1n) is 15.8. The van der Waals surface area contributed by atoms with E-state index in [1.54, 1.807) is 6.92 Å². The number of aliphatic carboxylic acids is 1. The Labute approximate surface area is 252 Å².